The second-order valence-corrected chi connectivity index (χ2v) is 9.58. The van der Waals surface area contributed by atoms with Crippen molar-refractivity contribution in [2.45, 2.75) is 25.2 Å². The van der Waals surface area contributed by atoms with Gasteiger partial charge in [0.25, 0.3) is 0 Å². The summed E-state index contributed by atoms with van der Waals surface area (Å²) < 4.78 is 34.8. The Morgan fingerprint density at radius 1 is 1.10 bits per heavy atom. The molecule has 7 nitrogen and oxygen atoms in total. The minimum atomic E-state index is -3.55. The van der Waals surface area contributed by atoms with E-state index in [1.807, 2.05) is 49.6 Å². The third-order valence-electron chi connectivity index (χ3n) is 4.96. The van der Waals surface area contributed by atoms with Crippen molar-refractivity contribution in [3.8, 4) is 17.1 Å². The van der Waals surface area contributed by atoms with E-state index in [4.69, 9.17) is 4.74 Å². The summed E-state index contributed by atoms with van der Waals surface area (Å²) in [6, 6.07) is 12.7. The number of aryl methyl sites for hydroxylation is 2. The number of nitrogens with one attached hydrogen (secondary N) is 1. The van der Waals surface area contributed by atoms with Gasteiger partial charge in [0.15, 0.2) is 5.82 Å². The molecule has 0 bridgehead atoms. The predicted molar refractivity (Wildman–Crippen MR) is 118 cm³/mol. The lowest BCUT2D eigenvalue weighted by atomic mass is 10.1. The molecule has 0 aliphatic carbocycles. The van der Waals surface area contributed by atoms with Crippen LogP contribution in [0.1, 0.15) is 16.8 Å². The van der Waals surface area contributed by atoms with Crippen LogP contribution in [-0.4, -0.2) is 36.7 Å². The summed E-state index contributed by atoms with van der Waals surface area (Å²) in [7, 11) is -1.93. The molecule has 4 rings (SSSR count). The first-order chi connectivity index (χ1) is 14.4. The predicted octanol–water partition coefficient (Wildman–Crippen LogP) is 3.60. The average Bonchev–Trinajstić information content (AvgIpc) is 3.32. The van der Waals surface area contributed by atoms with Gasteiger partial charge in [-0.3, -0.25) is 0 Å². The molecule has 0 aliphatic rings. The Balaban J connectivity index is 1.47. The molecule has 0 saturated heterocycles. The number of hydrogen-bond acceptors (Lipinski definition) is 6. The Morgan fingerprint density at radius 2 is 1.87 bits per heavy atom. The van der Waals surface area contributed by atoms with Gasteiger partial charge in [0.1, 0.15) is 5.75 Å². The molecule has 156 valence electrons. The van der Waals surface area contributed by atoms with Crippen LogP contribution in [0.4, 0.5) is 0 Å². The molecule has 0 spiro atoms. The first-order valence-electron chi connectivity index (χ1n) is 9.42. The van der Waals surface area contributed by atoms with Crippen molar-refractivity contribution in [2.24, 2.45) is 0 Å². The van der Waals surface area contributed by atoms with Gasteiger partial charge in [-0.05, 0) is 61.4 Å². The monoisotopic (exact) mass is 442 g/mol. The molecule has 2 aromatic carbocycles. The lowest BCUT2D eigenvalue weighted by molar-refractivity contribution is 0.415. The lowest BCUT2D eigenvalue weighted by Crippen LogP contribution is -2.26. The van der Waals surface area contributed by atoms with Crippen LogP contribution in [0, 0.1) is 13.8 Å². The van der Waals surface area contributed by atoms with E-state index >= 15 is 0 Å². The minimum Gasteiger partial charge on any atom is -0.497 e. The summed E-state index contributed by atoms with van der Waals surface area (Å²) in [5.41, 5.74) is 3.82. The van der Waals surface area contributed by atoms with Crippen molar-refractivity contribution in [3.63, 3.8) is 0 Å². The van der Waals surface area contributed by atoms with E-state index in [9.17, 15) is 8.42 Å². The van der Waals surface area contributed by atoms with Crippen LogP contribution < -0.4 is 9.46 Å². The lowest BCUT2D eigenvalue weighted by Gasteiger charge is -2.08. The van der Waals surface area contributed by atoms with E-state index < -0.39 is 10.0 Å². The van der Waals surface area contributed by atoms with Gasteiger partial charge in [0.05, 0.1) is 17.7 Å². The maximum atomic E-state index is 12.6. The molecule has 0 unspecified atom stereocenters. The summed E-state index contributed by atoms with van der Waals surface area (Å²) >= 11 is 1.48. The quantitative estimate of drug-likeness (QED) is 0.473. The maximum Gasteiger partial charge on any atom is 0.240 e. The smallest absolute Gasteiger partial charge is 0.240 e. The molecule has 2 heterocycles. The van der Waals surface area contributed by atoms with Crippen LogP contribution >= 0.6 is 11.3 Å². The van der Waals surface area contributed by atoms with E-state index in [0.717, 1.165) is 33.1 Å². The van der Waals surface area contributed by atoms with Gasteiger partial charge in [0.2, 0.25) is 15.0 Å². The van der Waals surface area contributed by atoms with Crippen molar-refractivity contribution in [3.05, 3.63) is 64.7 Å². The highest BCUT2D eigenvalue weighted by molar-refractivity contribution is 7.89. The van der Waals surface area contributed by atoms with Crippen LogP contribution in [0.5, 0.6) is 5.75 Å². The normalized spacial score (nSPS) is 11.8. The molecule has 0 fully saturated rings. The average molecular weight is 443 g/mol. The molecule has 1 N–H and O–H groups in total. The third kappa shape index (κ3) is 4.09. The Morgan fingerprint density at radius 3 is 2.57 bits per heavy atom. The van der Waals surface area contributed by atoms with Crippen molar-refractivity contribution in [1.29, 1.82) is 0 Å². The molecular weight excluding hydrogens is 420 g/mol. The number of rotatable bonds is 7. The molecule has 2 aromatic heterocycles. The number of aromatic nitrogens is 3. The summed E-state index contributed by atoms with van der Waals surface area (Å²) in [5.74, 6) is 1.40. The summed E-state index contributed by atoms with van der Waals surface area (Å²) in [4.78, 5) is 5.62. The third-order valence-corrected chi connectivity index (χ3v) is 7.28. The van der Waals surface area contributed by atoms with Crippen LogP contribution in [-0.2, 0) is 16.4 Å². The molecule has 9 heteroatoms. The highest BCUT2D eigenvalue weighted by Gasteiger charge is 2.16. The van der Waals surface area contributed by atoms with Crippen molar-refractivity contribution in [2.75, 3.05) is 13.7 Å². The first-order valence-corrected chi connectivity index (χ1v) is 11.8. The summed E-state index contributed by atoms with van der Waals surface area (Å²) in [5, 5.41) is 6.55. The van der Waals surface area contributed by atoms with Crippen LogP contribution in [0.25, 0.3) is 16.3 Å². The van der Waals surface area contributed by atoms with Gasteiger partial charge in [-0.15, -0.1) is 16.4 Å². The van der Waals surface area contributed by atoms with Gasteiger partial charge in [-0.25, -0.2) is 17.7 Å². The Kier molecular flexibility index (Phi) is 5.59. The highest BCUT2D eigenvalue weighted by Crippen LogP contribution is 2.23. The number of fused-ring (bicyclic) bond motifs is 1. The van der Waals surface area contributed by atoms with E-state index in [2.05, 4.69) is 14.8 Å². The number of methoxy groups -OCH3 is 1. The second kappa shape index (κ2) is 8.17. The first kappa shape index (κ1) is 20.5. The second-order valence-electron chi connectivity index (χ2n) is 6.98. The van der Waals surface area contributed by atoms with Crippen molar-refractivity contribution in [1.82, 2.24) is 19.3 Å². The van der Waals surface area contributed by atoms with E-state index in [-0.39, 0.29) is 11.4 Å². The van der Waals surface area contributed by atoms with Crippen LogP contribution in [0.15, 0.2) is 52.7 Å². The zero-order valence-corrected chi connectivity index (χ0v) is 18.5. The van der Waals surface area contributed by atoms with E-state index in [1.54, 1.807) is 23.8 Å². The van der Waals surface area contributed by atoms with Crippen molar-refractivity contribution < 1.29 is 13.2 Å². The van der Waals surface area contributed by atoms with Gasteiger partial charge in [-0.2, -0.15) is 4.98 Å². The van der Waals surface area contributed by atoms with Gasteiger partial charge < -0.3 is 4.74 Å². The topological polar surface area (TPSA) is 85.6 Å². The van der Waals surface area contributed by atoms with Crippen LogP contribution in [0.3, 0.4) is 0 Å². The number of benzene rings is 2. The minimum absolute atomic E-state index is 0.277. The highest BCUT2D eigenvalue weighted by atomic mass is 32.2. The van der Waals surface area contributed by atoms with Crippen molar-refractivity contribution >= 4 is 26.3 Å². The largest absolute Gasteiger partial charge is 0.497 e. The Hall–Kier alpha value is -2.75. The molecule has 4 aromatic rings. The number of nitrogens with zero attached hydrogens (tertiary/aromatic N) is 3. The summed E-state index contributed by atoms with van der Waals surface area (Å²) in [6.45, 7) is 4.14. The van der Waals surface area contributed by atoms with Crippen LogP contribution in [0.2, 0.25) is 0 Å². The Labute approximate surface area is 179 Å². The molecule has 0 amide bonds. The van der Waals surface area contributed by atoms with Gasteiger partial charge in [-0.1, -0.05) is 6.07 Å². The fraction of sp³-hybridized carbons (Fsp3) is 0.238. The molecule has 30 heavy (non-hydrogen) atoms. The zero-order chi connectivity index (χ0) is 21.3. The SMILES string of the molecule is COc1ccc(-c2nc3scc(CCNS(=O)(=O)c4ccc(C)c(C)c4)n3n2)cc1. The van der Waals surface area contributed by atoms with Gasteiger partial charge >= 0.3 is 0 Å². The number of sulfonamides is 1. The maximum absolute atomic E-state index is 12.6. The van der Waals surface area contributed by atoms with E-state index in [0.29, 0.717) is 12.2 Å². The fourth-order valence-electron chi connectivity index (χ4n) is 3.04. The molecule has 0 radical (unpaired) electrons. The number of hydrogen-bond donors (Lipinski definition) is 1. The van der Waals surface area contributed by atoms with E-state index in [1.165, 1.54) is 11.3 Å². The summed E-state index contributed by atoms with van der Waals surface area (Å²) in [6.07, 6.45) is 0.509. The fourth-order valence-corrected chi connectivity index (χ4v) is 5.01. The molecule has 0 aliphatic heterocycles. The zero-order valence-electron chi connectivity index (χ0n) is 16.9. The number of thiazole rings is 1. The molecular formula is C21H22N4O3S2. The van der Waals surface area contributed by atoms with Gasteiger partial charge in [0, 0.05) is 23.9 Å². The standard InChI is InChI=1S/C21H22N4O3S2/c1-14-4-9-19(12-15(14)2)30(26,27)22-11-10-17-13-29-21-23-20(24-25(17)21)16-5-7-18(28-3)8-6-16/h4-9,12-13,22H,10-11H2,1-3H3. The Bertz CT molecular complexity index is 1290. The molecule has 0 atom stereocenters. The molecule has 0 saturated carbocycles. The number of ether oxygens (including phenoxy) is 1.